The van der Waals surface area contributed by atoms with E-state index in [1.807, 2.05) is 0 Å². The molecule has 1 fully saturated rings. The lowest BCUT2D eigenvalue weighted by Gasteiger charge is -2.24. The third-order valence-electron chi connectivity index (χ3n) is 3.42. The molecule has 0 aromatic heterocycles. The Morgan fingerprint density at radius 2 is 1.53 bits per heavy atom. The monoisotopic (exact) mass is 233 g/mol. The molecule has 17 heavy (non-hydrogen) atoms. The van der Waals surface area contributed by atoms with E-state index in [0.717, 1.165) is 6.42 Å². The van der Waals surface area contributed by atoms with Gasteiger partial charge < -0.3 is 4.90 Å². The second kappa shape index (κ2) is 8.30. The van der Waals surface area contributed by atoms with Gasteiger partial charge in [0.25, 0.3) is 0 Å². The van der Waals surface area contributed by atoms with Gasteiger partial charge in [-0.2, -0.15) is 0 Å². The van der Waals surface area contributed by atoms with E-state index in [-0.39, 0.29) is 0 Å². The summed E-state index contributed by atoms with van der Waals surface area (Å²) in [4.78, 5) is 2.52. The van der Waals surface area contributed by atoms with Crippen LogP contribution in [0.3, 0.4) is 0 Å². The van der Waals surface area contributed by atoms with Crippen molar-refractivity contribution in [1.29, 1.82) is 0 Å². The molecule has 96 valence electrons. The summed E-state index contributed by atoms with van der Waals surface area (Å²) in [5.74, 6) is 0. The third kappa shape index (κ3) is 5.88. The molecular formula is C16H27N. The predicted octanol–water partition coefficient (Wildman–Crippen LogP) is 4.05. The highest BCUT2D eigenvalue weighted by atomic mass is 15.1. The molecule has 1 aromatic rings. The lowest BCUT2D eigenvalue weighted by Crippen LogP contribution is -2.29. The summed E-state index contributed by atoms with van der Waals surface area (Å²) < 4.78 is 0. The van der Waals surface area contributed by atoms with Crippen molar-refractivity contribution in [1.82, 2.24) is 4.90 Å². The minimum atomic E-state index is 1.14. The van der Waals surface area contributed by atoms with E-state index >= 15 is 0 Å². The van der Waals surface area contributed by atoms with Crippen LogP contribution in [0.2, 0.25) is 0 Å². The molecule has 2 rings (SSSR count). The number of aryl methyl sites for hydroxylation is 2. The van der Waals surface area contributed by atoms with Crippen molar-refractivity contribution >= 4 is 0 Å². The molecular weight excluding hydrogens is 206 g/mol. The summed E-state index contributed by atoms with van der Waals surface area (Å²) >= 11 is 0. The van der Waals surface area contributed by atoms with E-state index in [1.54, 1.807) is 0 Å². The summed E-state index contributed by atoms with van der Waals surface area (Å²) in [6.45, 7) is 10.5. The summed E-state index contributed by atoms with van der Waals surface area (Å²) in [5, 5.41) is 0. The van der Waals surface area contributed by atoms with Crippen LogP contribution in [0.5, 0.6) is 0 Å². The standard InChI is InChI=1S/C9H12.C7H15N/c1-3-9-6-4-8(2)5-7-9;1-2-8-6-4-3-5-7-8/h4-7H,3H2,1-2H3;2-7H2,1H3. The smallest absolute Gasteiger partial charge is 0.00188 e. The van der Waals surface area contributed by atoms with E-state index in [2.05, 4.69) is 49.9 Å². The summed E-state index contributed by atoms with van der Waals surface area (Å²) in [5.41, 5.74) is 2.76. The minimum Gasteiger partial charge on any atom is -0.304 e. The summed E-state index contributed by atoms with van der Waals surface area (Å²) in [7, 11) is 0. The van der Waals surface area contributed by atoms with Crippen LogP contribution in [-0.2, 0) is 6.42 Å². The highest BCUT2D eigenvalue weighted by Crippen LogP contribution is 2.06. The molecule has 0 N–H and O–H groups in total. The van der Waals surface area contributed by atoms with Crippen molar-refractivity contribution < 1.29 is 0 Å². The van der Waals surface area contributed by atoms with Gasteiger partial charge in [-0.25, -0.2) is 0 Å². The molecule has 0 saturated carbocycles. The van der Waals surface area contributed by atoms with E-state index in [1.165, 1.54) is 50.0 Å². The first-order chi connectivity index (χ1) is 8.26. The zero-order chi connectivity index (χ0) is 12.5. The Balaban J connectivity index is 0.000000171. The molecule has 1 heteroatoms. The van der Waals surface area contributed by atoms with Gasteiger partial charge in [0, 0.05) is 0 Å². The summed E-state index contributed by atoms with van der Waals surface area (Å²) in [6, 6.07) is 8.66. The third-order valence-corrected chi connectivity index (χ3v) is 3.42. The lowest BCUT2D eigenvalue weighted by molar-refractivity contribution is 0.240. The molecule has 0 spiro atoms. The van der Waals surface area contributed by atoms with Gasteiger partial charge >= 0.3 is 0 Å². The number of piperidine rings is 1. The number of nitrogens with zero attached hydrogens (tertiary/aromatic N) is 1. The Hall–Kier alpha value is -0.820. The van der Waals surface area contributed by atoms with Crippen LogP contribution in [0.4, 0.5) is 0 Å². The maximum atomic E-state index is 2.52. The molecule has 0 amide bonds. The fourth-order valence-electron chi connectivity index (χ4n) is 2.10. The Bertz CT molecular complexity index is 283. The molecule has 1 aliphatic rings. The Morgan fingerprint density at radius 3 is 1.94 bits per heavy atom. The molecule has 0 radical (unpaired) electrons. The topological polar surface area (TPSA) is 3.24 Å². The quantitative estimate of drug-likeness (QED) is 0.745. The van der Waals surface area contributed by atoms with Crippen molar-refractivity contribution in [3.05, 3.63) is 35.4 Å². The average Bonchev–Trinajstić information content (AvgIpc) is 2.41. The molecule has 0 bridgehead atoms. The maximum Gasteiger partial charge on any atom is -0.00188 e. The number of hydrogen-bond donors (Lipinski definition) is 0. The molecule has 0 unspecified atom stereocenters. The fourth-order valence-corrected chi connectivity index (χ4v) is 2.10. The zero-order valence-corrected chi connectivity index (χ0v) is 11.7. The number of likely N-dealkylation sites (tertiary alicyclic amines) is 1. The number of benzene rings is 1. The zero-order valence-electron chi connectivity index (χ0n) is 11.7. The van der Waals surface area contributed by atoms with Gasteiger partial charge in [0.15, 0.2) is 0 Å². The molecule has 1 aliphatic heterocycles. The van der Waals surface area contributed by atoms with Crippen LogP contribution in [-0.4, -0.2) is 24.5 Å². The Kier molecular flexibility index (Phi) is 6.95. The molecule has 1 saturated heterocycles. The van der Waals surface area contributed by atoms with E-state index in [0.29, 0.717) is 0 Å². The Morgan fingerprint density at radius 1 is 0.941 bits per heavy atom. The predicted molar refractivity (Wildman–Crippen MR) is 76.5 cm³/mol. The van der Waals surface area contributed by atoms with Gasteiger partial charge in [0.05, 0.1) is 0 Å². The van der Waals surface area contributed by atoms with Crippen LogP contribution >= 0.6 is 0 Å². The normalized spacial score (nSPS) is 16.2. The van der Waals surface area contributed by atoms with Gasteiger partial charge in [0.2, 0.25) is 0 Å². The molecule has 1 heterocycles. The van der Waals surface area contributed by atoms with Gasteiger partial charge in [-0.1, -0.05) is 50.1 Å². The second-order valence-electron chi connectivity index (χ2n) is 4.83. The number of hydrogen-bond acceptors (Lipinski definition) is 1. The molecule has 1 aromatic carbocycles. The van der Waals surface area contributed by atoms with E-state index in [4.69, 9.17) is 0 Å². The maximum absolute atomic E-state index is 2.52. The van der Waals surface area contributed by atoms with Gasteiger partial charge in [-0.15, -0.1) is 0 Å². The molecule has 0 aliphatic carbocycles. The fraction of sp³-hybridized carbons (Fsp3) is 0.625. The highest BCUT2D eigenvalue weighted by Gasteiger charge is 2.05. The SMILES string of the molecule is CCN1CCCCC1.CCc1ccc(C)cc1. The van der Waals surface area contributed by atoms with E-state index < -0.39 is 0 Å². The lowest BCUT2D eigenvalue weighted by atomic mass is 10.1. The van der Waals surface area contributed by atoms with Crippen LogP contribution in [0.1, 0.15) is 44.2 Å². The van der Waals surface area contributed by atoms with Crippen molar-refractivity contribution in [2.24, 2.45) is 0 Å². The van der Waals surface area contributed by atoms with Crippen molar-refractivity contribution in [3.63, 3.8) is 0 Å². The number of rotatable bonds is 2. The van der Waals surface area contributed by atoms with Gasteiger partial charge in [-0.05, 0) is 51.4 Å². The summed E-state index contributed by atoms with van der Waals surface area (Å²) in [6.07, 6.45) is 5.44. The van der Waals surface area contributed by atoms with Gasteiger partial charge in [0.1, 0.15) is 0 Å². The largest absolute Gasteiger partial charge is 0.304 e. The van der Waals surface area contributed by atoms with Crippen LogP contribution < -0.4 is 0 Å². The van der Waals surface area contributed by atoms with Crippen molar-refractivity contribution in [2.45, 2.75) is 46.5 Å². The highest BCUT2D eigenvalue weighted by molar-refractivity contribution is 5.20. The Labute approximate surface area is 107 Å². The first-order valence-electron chi connectivity index (χ1n) is 7.04. The van der Waals surface area contributed by atoms with Crippen LogP contribution in [0.15, 0.2) is 24.3 Å². The first kappa shape index (κ1) is 14.2. The van der Waals surface area contributed by atoms with Gasteiger partial charge in [-0.3, -0.25) is 0 Å². The molecule has 0 atom stereocenters. The first-order valence-corrected chi connectivity index (χ1v) is 7.04. The minimum absolute atomic E-state index is 1.14. The van der Waals surface area contributed by atoms with E-state index in [9.17, 15) is 0 Å². The second-order valence-corrected chi connectivity index (χ2v) is 4.83. The molecule has 1 nitrogen and oxygen atoms in total. The van der Waals surface area contributed by atoms with Crippen molar-refractivity contribution in [2.75, 3.05) is 19.6 Å². The van der Waals surface area contributed by atoms with Crippen LogP contribution in [0.25, 0.3) is 0 Å². The van der Waals surface area contributed by atoms with Crippen LogP contribution in [0, 0.1) is 6.92 Å². The average molecular weight is 233 g/mol. The van der Waals surface area contributed by atoms with Crippen molar-refractivity contribution in [3.8, 4) is 0 Å².